The van der Waals surface area contributed by atoms with Gasteiger partial charge in [-0.1, -0.05) is 23.7 Å². The first-order valence-corrected chi connectivity index (χ1v) is 9.96. The van der Waals surface area contributed by atoms with Gasteiger partial charge in [-0.2, -0.15) is 0 Å². The molecule has 0 spiro atoms. The Morgan fingerprint density at radius 1 is 1.16 bits per heavy atom. The van der Waals surface area contributed by atoms with Crippen LogP contribution in [0.2, 0.25) is 5.02 Å². The fourth-order valence-electron chi connectivity index (χ4n) is 2.95. The molecule has 1 aromatic heterocycles. The van der Waals surface area contributed by atoms with Crippen LogP contribution in [-0.2, 0) is 6.54 Å². The van der Waals surface area contributed by atoms with Crippen molar-refractivity contribution in [3.05, 3.63) is 53.2 Å². The van der Waals surface area contributed by atoms with Crippen LogP contribution in [0.4, 0.5) is 0 Å². The number of halogens is 1. The molecular weight excluding hydrogens is 354 g/mol. The number of nitrogens with one attached hydrogen (secondary N) is 1. The molecular formula is C19H22ClN3OS. The summed E-state index contributed by atoms with van der Waals surface area (Å²) in [4.78, 5) is 6.79. The van der Waals surface area contributed by atoms with Gasteiger partial charge >= 0.3 is 0 Å². The summed E-state index contributed by atoms with van der Waals surface area (Å²) < 4.78 is 9.33. The number of ether oxygens (including phenoxy) is 1. The van der Waals surface area contributed by atoms with Crippen LogP contribution in [0.15, 0.2) is 47.6 Å². The first-order chi connectivity index (χ1) is 12.2. The largest absolute Gasteiger partial charge is 0.490 e. The smallest absolute Gasteiger partial charge is 0.119 e. The molecule has 4 rings (SSSR count). The van der Waals surface area contributed by atoms with Gasteiger partial charge in [0.15, 0.2) is 0 Å². The lowest BCUT2D eigenvalue weighted by Crippen LogP contribution is -2.28. The summed E-state index contributed by atoms with van der Waals surface area (Å²) in [6, 6.07) is 12.9. The molecule has 2 heterocycles. The van der Waals surface area contributed by atoms with E-state index in [4.69, 9.17) is 16.3 Å². The number of benzene rings is 1. The van der Waals surface area contributed by atoms with Crippen LogP contribution in [0, 0.1) is 0 Å². The lowest BCUT2D eigenvalue weighted by molar-refractivity contribution is 0.302. The second-order valence-corrected chi connectivity index (χ2v) is 8.01. The summed E-state index contributed by atoms with van der Waals surface area (Å²) in [7, 11) is 0. The third-order valence-corrected chi connectivity index (χ3v) is 5.58. The molecule has 1 saturated heterocycles. The summed E-state index contributed by atoms with van der Waals surface area (Å²) in [5.41, 5.74) is 1.34. The Labute approximate surface area is 158 Å². The molecule has 1 atom stereocenters. The fraction of sp³-hybridized carbons (Fsp3) is 0.421. The van der Waals surface area contributed by atoms with E-state index in [1.165, 1.54) is 18.4 Å². The van der Waals surface area contributed by atoms with Gasteiger partial charge in [0, 0.05) is 31.9 Å². The van der Waals surface area contributed by atoms with Gasteiger partial charge < -0.3 is 4.74 Å². The molecule has 0 bridgehead atoms. The van der Waals surface area contributed by atoms with Gasteiger partial charge in [0.25, 0.3) is 0 Å². The number of nitrogens with zero attached hydrogens (tertiary/aromatic N) is 2. The summed E-state index contributed by atoms with van der Waals surface area (Å²) >= 11 is 7.45. The molecule has 1 aliphatic heterocycles. The zero-order chi connectivity index (χ0) is 17.1. The molecule has 6 heteroatoms. The monoisotopic (exact) mass is 375 g/mol. The van der Waals surface area contributed by atoms with Crippen molar-refractivity contribution >= 4 is 23.5 Å². The lowest BCUT2D eigenvalue weighted by atomic mass is 10.2. The van der Waals surface area contributed by atoms with E-state index in [1.54, 1.807) is 18.1 Å². The quantitative estimate of drug-likeness (QED) is 0.736. The minimum absolute atomic E-state index is 0.462. The second-order valence-electron chi connectivity index (χ2n) is 6.72. The molecule has 25 heavy (non-hydrogen) atoms. The third kappa shape index (κ3) is 5.11. The number of pyridine rings is 1. The Hall–Kier alpha value is -1.27. The van der Waals surface area contributed by atoms with E-state index in [9.17, 15) is 0 Å². The van der Waals surface area contributed by atoms with Crippen molar-refractivity contribution in [2.45, 2.75) is 43.0 Å². The highest BCUT2D eigenvalue weighted by atomic mass is 35.5. The first kappa shape index (κ1) is 17.2. The maximum absolute atomic E-state index is 5.87. The number of likely N-dealkylation sites (tertiary alicyclic amines) is 1. The molecule has 0 radical (unpaired) electrons. The maximum atomic E-state index is 5.87. The standard InChI is InChI=1S/C19H22ClN3OS/c20-15-3-8-19(21-11-15)25-22-16-9-10-23(13-16)12-14-1-4-17(5-2-14)24-18-6-7-18/h1-5,8,11,16,18,22H,6-7,9-10,12-13H2/t16-/m1/s1. The average molecular weight is 376 g/mol. The average Bonchev–Trinajstić information content (AvgIpc) is 3.33. The Kier molecular flexibility index (Phi) is 5.46. The van der Waals surface area contributed by atoms with Crippen molar-refractivity contribution in [1.29, 1.82) is 0 Å². The van der Waals surface area contributed by atoms with E-state index in [1.807, 2.05) is 12.1 Å². The molecule has 2 fully saturated rings. The summed E-state index contributed by atoms with van der Waals surface area (Å²) in [6.45, 7) is 3.17. The van der Waals surface area contributed by atoms with Crippen LogP contribution in [0.1, 0.15) is 24.8 Å². The highest BCUT2D eigenvalue weighted by Gasteiger charge is 2.24. The van der Waals surface area contributed by atoms with Crippen molar-refractivity contribution in [1.82, 2.24) is 14.6 Å². The number of rotatable bonds is 7. The third-order valence-electron chi connectivity index (χ3n) is 4.46. The van der Waals surface area contributed by atoms with Gasteiger partial charge in [-0.05, 0) is 61.0 Å². The SMILES string of the molecule is Clc1ccc(SN[C@@H]2CCN(Cc3ccc(OC4CC4)cc3)C2)nc1. The summed E-state index contributed by atoms with van der Waals surface area (Å²) in [5, 5.41) is 1.62. The lowest BCUT2D eigenvalue weighted by Gasteiger charge is -2.16. The molecule has 4 nitrogen and oxygen atoms in total. The molecule has 132 valence electrons. The molecule has 1 saturated carbocycles. The van der Waals surface area contributed by atoms with Gasteiger partial charge in [-0.3, -0.25) is 9.62 Å². The van der Waals surface area contributed by atoms with Crippen LogP contribution < -0.4 is 9.46 Å². The van der Waals surface area contributed by atoms with Crippen LogP contribution in [0.25, 0.3) is 0 Å². The Bertz CT molecular complexity index is 691. The second kappa shape index (κ2) is 7.96. The summed E-state index contributed by atoms with van der Waals surface area (Å²) in [5.74, 6) is 0.999. The topological polar surface area (TPSA) is 37.4 Å². The molecule has 2 aromatic rings. The van der Waals surface area contributed by atoms with Crippen molar-refractivity contribution in [2.24, 2.45) is 0 Å². The minimum Gasteiger partial charge on any atom is -0.490 e. The van der Waals surface area contributed by atoms with Crippen LogP contribution in [0.3, 0.4) is 0 Å². The van der Waals surface area contributed by atoms with Gasteiger partial charge in [0.05, 0.1) is 11.1 Å². The zero-order valence-electron chi connectivity index (χ0n) is 14.0. The van der Waals surface area contributed by atoms with E-state index in [-0.39, 0.29) is 0 Å². The predicted octanol–water partition coefficient (Wildman–Crippen LogP) is 4.15. The fourth-order valence-corrected chi connectivity index (χ4v) is 3.78. The van der Waals surface area contributed by atoms with E-state index < -0.39 is 0 Å². The molecule has 0 unspecified atom stereocenters. The van der Waals surface area contributed by atoms with Crippen molar-refractivity contribution in [2.75, 3.05) is 13.1 Å². The Morgan fingerprint density at radius 2 is 2.00 bits per heavy atom. The first-order valence-electron chi connectivity index (χ1n) is 8.76. The number of hydrogen-bond donors (Lipinski definition) is 1. The number of hydrogen-bond acceptors (Lipinski definition) is 5. The van der Waals surface area contributed by atoms with Gasteiger partial charge in [-0.25, -0.2) is 4.98 Å². The van der Waals surface area contributed by atoms with Crippen LogP contribution >= 0.6 is 23.5 Å². The number of aromatic nitrogens is 1. The van der Waals surface area contributed by atoms with Crippen LogP contribution in [0.5, 0.6) is 5.75 Å². The van der Waals surface area contributed by atoms with Gasteiger partial charge in [-0.15, -0.1) is 0 Å². The van der Waals surface area contributed by atoms with E-state index in [0.717, 1.165) is 36.8 Å². The highest BCUT2D eigenvalue weighted by Crippen LogP contribution is 2.27. The molecule has 1 aliphatic carbocycles. The van der Waals surface area contributed by atoms with E-state index in [0.29, 0.717) is 17.2 Å². The van der Waals surface area contributed by atoms with E-state index >= 15 is 0 Å². The van der Waals surface area contributed by atoms with Crippen LogP contribution in [-0.4, -0.2) is 35.1 Å². The predicted molar refractivity (Wildman–Crippen MR) is 102 cm³/mol. The molecule has 0 amide bonds. The maximum Gasteiger partial charge on any atom is 0.119 e. The summed E-state index contributed by atoms with van der Waals surface area (Å²) in [6.07, 6.45) is 5.71. The molecule has 2 aliphatic rings. The molecule has 1 aromatic carbocycles. The van der Waals surface area contributed by atoms with Crippen molar-refractivity contribution in [3.8, 4) is 5.75 Å². The molecule has 1 N–H and O–H groups in total. The van der Waals surface area contributed by atoms with E-state index in [2.05, 4.69) is 38.9 Å². The van der Waals surface area contributed by atoms with Crippen molar-refractivity contribution < 1.29 is 4.74 Å². The van der Waals surface area contributed by atoms with Crippen molar-refractivity contribution in [3.63, 3.8) is 0 Å². The minimum atomic E-state index is 0.462. The normalized spacial score (nSPS) is 20.8. The highest BCUT2D eigenvalue weighted by molar-refractivity contribution is 7.97. The Balaban J connectivity index is 1.22. The Morgan fingerprint density at radius 3 is 2.72 bits per heavy atom. The van der Waals surface area contributed by atoms with Gasteiger partial charge in [0.1, 0.15) is 10.8 Å². The zero-order valence-corrected chi connectivity index (χ0v) is 15.6. The van der Waals surface area contributed by atoms with Gasteiger partial charge in [0.2, 0.25) is 0 Å².